The lowest BCUT2D eigenvalue weighted by Crippen LogP contribution is -2.00. The van der Waals surface area contributed by atoms with E-state index in [2.05, 4.69) is 0 Å². The predicted molar refractivity (Wildman–Crippen MR) is 73.8 cm³/mol. The van der Waals surface area contributed by atoms with Crippen molar-refractivity contribution in [1.82, 2.24) is 0 Å². The lowest BCUT2D eigenvalue weighted by atomic mass is 10.1. The van der Waals surface area contributed by atoms with Crippen LogP contribution in [0.5, 0.6) is 11.5 Å². The summed E-state index contributed by atoms with van der Waals surface area (Å²) in [6.45, 7) is 3.92. The zero-order valence-electron chi connectivity index (χ0n) is 10.8. The van der Waals surface area contributed by atoms with Gasteiger partial charge in [-0.3, -0.25) is 0 Å². The van der Waals surface area contributed by atoms with Crippen LogP contribution in [0.2, 0.25) is 0 Å². The molecule has 2 aromatic rings. The average molecular weight is 257 g/mol. The van der Waals surface area contributed by atoms with E-state index in [1.165, 1.54) is 12.1 Å². The van der Waals surface area contributed by atoms with Crippen LogP contribution >= 0.6 is 0 Å². The number of carboxylic acid groups (broad SMARTS) is 1. The lowest BCUT2D eigenvalue weighted by molar-refractivity contribution is 0.0697. The highest BCUT2D eigenvalue weighted by Crippen LogP contribution is 2.30. The fourth-order valence-corrected chi connectivity index (χ4v) is 1.71. The molecule has 3 N–H and O–H groups in total. The van der Waals surface area contributed by atoms with Crippen molar-refractivity contribution in [2.75, 3.05) is 5.73 Å². The molecule has 98 valence electrons. The van der Waals surface area contributed by atoms with E-state index in [9.17, 15) is 4.79 Å². The monoisotopic (exact) mass is 257 g/mol. The van der Waals surface area contributed by atoms with Gasteiger partial charge in [-0.05, 0) is 49.2 Å². The maximum atomic E-state index is 10.8. The van der Waals surface area contributed by atoms with Crippen LogP contribution in [0.1, 0.15) is 21.5 Å². The Morgan fingerprint density at radius 2 is 1.84 bits per heavy atom. The molecule has 0 aliphatic carbocycles. The second-order valence-corrected chi connectivity index (χ2v) is 4.43. The molecule has 0 aromatic heterocycles. The van der Waals surface area contributed by atoms with Gasteiger partial charge in [0.25, 0.3) is 0 Å². The van der Waals surface area contributed by atoms with E-state index in [-0.39, 0.29) is 5.56 Å². The molecule has 0 fully saturated rings. The molecule has 0 aliphatic heterocycles. The summed E-state index contributed by atoms with van der Waals surface area (Å²) in [5.74, 6) is 0.165. The maximum Gasteiger partial charge on any atom is 0.335 e. The molecular formula is C15H15NO3. The van der Waals surface area contributed by atoms with Crippen LogP contribution in [0.4, 0.5) is 5.69 Å². The number of nitrogens with two attached hydrogens (primary N) is 1. The molecule has 0 radical (unpaired) electrons. The third-order valence-corrected chi connectivity index (χ3v) is 2.82. The zero-order chi connectivity index (χ0) is 14.0. The van der Waals surface area contributed by atoms with E-state index in [4.69, 9.17) is 15.6 Å². The van der Waals surface area contributed by atoms with Crippen LogP contribution in [0.3, 0.4) is 0 Å². The minimum absolute atomic E-state index is 0.144. The molecule has 4 heteroatoms. The third-order valence-electron chi connectivity index (χ3n) is 2.82. The second-order valence-electron chi connectivity index (χ2n) is 4.43. The van der Waals surface area contributed by atoms with Gasteiger partial charge in [-0.2, -0.15) is 0 Å². The Balaban J connectivity index is 2.33. The minimum atomic E-state index is -1.01. The fraction of sp³-hybridized carbons (Fsp3) is 0.133. The molecule has 2 aromatic carbocycles. The molecule has 0 bridgehead atoms. The molecule has 0 saturated heterocycles. The number of carboxylic acids is 1. The largest absolute Gasteiger partial charge is 0.478 e. The first-order chi connectivity index (χ1) is 8.97. The van der Waals surface area contributed by atoms with Gasteiger partial charge in [-0.25, -0.2) is 4.79 Å². The van der Waals surface area contributed by atoms with Crippen molar-refractivity contribution in [2.45, 2.75) is 13.8 Å². The third kappa shape index (κ3) is 2.85. The van der Waals surface area contributed by atoms with E-state index < -0.39 is 5.97 Å². The first-order valence-electron chi connectivity index (χ1n) is 5.85. The molecule has 0 aliphatic rings. The van der Waals surface area contributed by atoms with Crippen molar-refractivity contribution >= 4 is 11.7 Å². The molecular weight excluding hydrogens is 242 g/mol. The molecule has 0 spiro atoms. The number of aromatic carboxylic acids is 1. The van der Waals surface area contributed by atoms with Gasteiger partial charge in [0.05, 0.1) is 11.3 Å². The van der Waals surface area contributed by atoms with E-state index in [1.807, 2.05) is 32.0 Å². The van der Waals surface area contributed by atoms with Gasteiger partial charge in [0.15, 0.2) is 0 Å². The quantitative estimate of drug-likeness (QED) is 0.827. The van der Waals surface area contributed by atoms with E-state index in [0.717, 1.165) is 16.9 Å². The molecule has 2 rings (SSSR count). The van der Waals surface area contributed by atoms with Crippen molar-refractivity contribution < 1.29 is 14.6 Å². The summed E-state index contributed by atoms with van der Waals surface area (Å²) >= 11 is 0. The van der Waals surface area contributed by atoms with E-state index in [0.29, 0.717) is 11.4 Å². The highest BCUT2D eigenvalue weighted by molar-refractivity contribution is 5.89. The molecule has 0 atom stereocenters. The Morgan fingerprint density at radius 1 is 1.11 bits per heavy atom. The van der Waals surface area contributed by atoms with Gasteiger partial charge < -0.3 is 15.6 Å². The van der Waals surface area contributed by atoms with E-state index in [1.54, 1.807) is 6.07 Å². The Labute approximate surface area is 111 Å². The topological polar surface area (TPSA) is 72.5 Å². The number of ether oxygens (including phenoxy) is 1. The summed E-state index contributed by atoms with van der Waals surface area (Å²) in [7, 11) is 0. The summed E-state index contributed by atoms with van der Waals surface area (Å²) in [5.41, 5.74) is 8.33. The van der Waals surface area contributed by atoms with Crippen molar-refractivity contribution in [3.63, 3.8) is 0 Å². The molecule has 0 unspecified atom stereocenters. The number of rotatable bonds is 3. The molecule has 4 nitrogen and oxygen atoms in total. The second kappa shape index (κ2) is 5.02. The van der Waals surface area contributed by atoms with Gasteiger partial charge in [0, 0.05) is 0 Å². The van der Waals surface area contributed by atoms with Gasteiger partial charge in [-0.15, -0.1) is 0 Å². The van der Waals surface area contributed by atoms with Crippen LogP contribution in [-0.4, -0.2) is 11.1 Å². The predicted octanol–water partition coefficient (Wildman–Crippen LogP) is 3.38. The lowest BCUT2D eigenvalue weighted by Gasteiger charge is -2.11. The first-order valence-corrected chi connectivity index (χ1v) is 5.85. The smallest absolute Gasteiger partial charge is 0.335 e. The highest BCUT2D eigenvalue weighted by atomic mass is 16.5. The Hall–Kier alpha value is -2.49. The van der Waals surface area contributed by atoms with Crippen LogP contribution in [0, 0.1) is 13.8 Å². The highest BCUT2D eigenvalue weighted by Gasteiger charge is 2.09. The SMILES string of the molecule is Cc1ccc(C)c(Oc2ccc(C(=O)O)cc2N)c1. The first kappa shape index (κ1) is 13.0. The van der Waals surface area contributed by atoms with Crippen LogP contribution in [0.25, 0.3) is 0 Å². The molecule has 19 heavy (non-hydrogen) atoms. The van der Waals surface area contributed by atoms with Crippen LogP contribution < -0.4 is 10.5 Å². The number of anilines is 1. The van der Waals surface area contributed by atoms with Crippen LogP contribution in [-0.2, 0) is 0 Å². The Kier molecular flexibility index (Phi) is 3.42. The number of carbonyl (C=O) groups is 1. The molecule has 0 saturated carbocycles. The number of hydrogen-bond acceptors (Lipinski definition) is 3. The number of benzene rings is 2. The number of aryl methyl sites for hydroxylation is 2. The fourth-order valence-electron chi connectivity index (χ4n) is 1.71. The van der Waals surface area contributed by atoms with Crippen LogP contribution in [0.15, 0.2) is 36.4 Å². The summed E-state index contributed by atoms with van der Waals surface area (Å²) in [6.07, 6.45) is 0. The summed E-state index contributed by atoms with van der Waals surface area (Å²) in [5, 5.41) is 8.87. The summed E-state index contributed by atoms with van der Waals surface area (Å²) in [4.78, 5) is 10.8. The Bertz CT molecular complexity index is 635. The minimum Gasteiger partial charge on any atom is -0.478 e. The summed E-state index contributed by atoms with van der Waals surface area (Å²) in [6, 6.07) is 10.3. The normalized spacial score (nSPS) is 10.2. The van der Waals surface area contributed by atoms with Gasteiger partial charge in [0.1, 0.15) is 11.5 Å². The molecule has 0 amide bonds. The number of nitrogen functional groups attached to an aromatic ring is 1. The maximum absolute atomic E-state index is 10.8. The molecule has 0 heterocycles. The average Bonchev–Trinajstić information content (AvgIpc) is 2.36. The van der Waals surface area contributed by atoms with Crippen molar-refractivity contribution in [3.8, 4) is 11.5 Å². The zero-order valence-corrected chi connectivity index (χ0v) is 10.8. The van der Waals surface area contributed by atoms with Gasteiger partial charge in [0.2, 0.25) is 0 Å². The Morgan fingerprint density at radius 3 is 2.47 bits per heavy atom. The van der Waals surface area contributed by atoms with E-state index >= 15 is 0 Å². The standard InChI is InChI=1S/C15H15NO3/c1-9-3-4-10(2)14(7-9)19-13-6-5-11(15(17)18)8-12(13)16/h3-8H,16H2,1-2H3,(H,17,18). The number of hydrogen-bond donors (Lipinski definition) is 2. The van der Waals surface area contributed by atoms with Crippen molar-refractivity contribution in [1.29, 1.82) is 0 Å². The van der Waals surface area contributed by atoms with Crippen molar-refractivity contribution in [3.05, 3.63) is 53.1 Å². The van der Waals surface area contributed by atoms with Crippen molar-refractivity contribution in [2.24, 2.45) is 0 Å². The van der Waals surface area contributed by atoms with Gasteiger partial charge >= 0.3 is 5.97 Å². The van der Waals surface area contributed by atoms with Gasteiger partial charge in [-0.1, -0.05) is 12.1 Å². The summed E-state index contributed by atoms with van der Waals surface area (Å²) < 4.78 is 5.74.